The van der Waals surface area contributed by atoms with Gasteiger partial charge in [0.15, 0.2) is 0 Å². The van der Waals surface area contributed by atoms with Crippen LogP contribution in [0, 0.1) is 0 Å². The molecule has 0 aliphatic carbocycles. The summed E-state index contributed by atoms with van der Waals surface area (Å²) in [5, 5.41) is 8.93. The first-order chi connectivity index (χ1) is 9.36. The van der Waals surface area contributed by atoms with Crippen molar-refractivity contribution in [3.05, 3.63) is 23.9 Å². The number of hydrogen-bond donors (Lipinski definition) is 1. The zero-order chi connectivity index (χ0) is 13.8. The third-order valence-corrected chi connectivity index (χ3v) is 2.22. The lowest BCUT2D eigenvalue weighted by Gasteiger charge is -2.07. The van der Waals surface area contributed by atoms with Gasteiger partial charge in [0.25, 0.3) is 0 Å². The molecule has 6 nitrogen and oxygen atoms in total. The van der Waals surface area contributed by atoms with Gasteiger partial charge in [-0.1, -0.05) is 6.07 Å². The summed E-state index contributed by atoms with van der Waals surface area (Å²) in [5.41, 5.74) is 0.588. The summed E-state index contributed by atoms with van der Waals surface area (Å²) in [6.45, 7) is 3.04. The lowest BCUT2D eigenvalue weighted by Crippen LogP contribution is -2.12. The first-order valence-corrected chi connectivity index (χ1v) is 6.21. The van der Waals surface area contributed by atoms with Crippen LogP contribution in [0.15, 0.2) is 18.2 Å². The zero-order valence-electron chi connectivity index (χ0n) is 11.2. The SMILES string of the molecule is COCCOCCOCCOc1cccc(CO)n1. The van der Waals surface area contributed by atoms with Crippen molar-refractivity contribution in [2.45, 2.75) is 6.61 Å². The first-order valence-electron chi connectivity index (χ1n) is 6.21. The number of aliphatic hydroxyl groups is 1. The van der Waals surface area contributed by atoms with Gasteiger partial charge in [-0.3, -0.25) is 0 Å². The van der Waals surface area contributed by atoms with Gasteiger partial charge in [0, 0.05) is 13.2 Å². The Hall–Kier alpha value is -1.21. The molecule has 0 aromatic carbocycles. The van der Waals surface area contributed by atoms with E-state index in [1.807, 2.05) is 0 Å². The van der Waals surface area contributed by atoms with E-state index in [-0.39, 0.29) is 6.61 Å². The van der Waals surface area contributed by atoms with Gasteiger partial charge in [0.05, 0.1) is 45.3 Å². The highest BCUT2D eigenvalue weighted by atomic mass is 16.6. The van der Waals surface area contributed by atoms with Gasteiger partial charge < -0.3 is 24.1 Å². The minimum Gasteiger partial charge on any atom is -0.475 e. The van der Waals surface area contributed by atoms with Gasteiger partial charge in [0.1, 0.15) is 6.61 Å². The van der Waals surface area contributed by atoms with Crippen LogP contribution < -0.4 is 4.74 Å². The number of nitrogens with zero attached hydrogens (tertiary/aromatic N) is 1. The van der Waals surface area contributed by atoms with Crippen LogP contribution in [0.25, 0.3) is 0 Å². The summed E-state index contributed by atoms with van der Waals surface area (Å²) in [5.74, 6) is 0.492. The smallest absolute Gasteiger partial charge is 0.213 e. The predicted molar refractivity (Wildman–Crippen MR) is 69.2 cm³/mol. The van der Waals surface area contributed by atoms with E-state index in [2.05, 4.69) is 4.98 Å². The topological polar surface area (TPSA) is 70.0 Å². The van der Waals surface area contributed by atoms with E-state index in [0.717, 1.165) is 0 Å². The standard InChI is InChI=1S/C13H21NO5/c1-16-5-6-17-7-8-18-9-10-19-13-4-2-3-12(11-15)14-13/h2-4,15H,5-11H2,1H3. The molecule has 0 spiro atoms. The second-order valence-electron chi connectivity index (χ2n) is 3.69. The quantitative estimate of drug-likeness (QED) is 0.595. The van der Waals surface area contributed by atoms with E-state index < -0.39 is 0 Å². The van der Waals surface area contributed by atoms with Crippen molar-refractivity contribution in [2.24, 2.45) is 0 Å². The average molecular weight is 271 g/mol. The molecule has 0 atom stereocenters. The Labute approximate surface area is 113 Å². The van der Waals surface area contributed by atoms with Crippen LogP contribution in [-0.4, -0.2) is 56.8 Å². The van der Waals surface area contributed by atoms with Crippen LogP contribution in [0.3, 0.4) is 0 Å². The number of pyridine rings is 1. The van der Waals surface area contributed by atoms with Crippen molar-refractivity contribution in [3.8, 4) is 5.88 Å². The number of rotatable bonds is 11. The number of methoxy groups -OCH3 is 1. The molecular weight excluding hydrogens is 250 g/mol. The third-order valence-electron chi connectivity index (χ3n) is 2.22. The van der Waals surface area contributed by atoms with Crippen molar-refractivity contribution >= 4 is 0 Å². The van der Waals surface area contributed by atoms with Crippen molar-refractivity contribution in [2.75, 3.05) is 46.8 Å². The Morgan fingerprint density at radius 3 is 2.37 bits per heavy atom. The lowest BCUT2D eigenvalue weighted by atomic mass is 10.4. The summed E-state index contributed by atoms with van der Waals surface area (Å²) < 4.78 is 20.8. The van der Waals surface area contributed by atoms with Crippen LogP contribution in [0.4, 0.5) is 0 Å². The molecule has 0 aliphatic heterocycles. The Morgan fingerprint density at radius 1 is 1.00 bits per heavy atom. The molecule has 19 heavy (non-hydrogen) atoms. The Kier molecular flexibility index (Phi) is 8.91. The van der Waals surface area contributed by atoms with E-state index in [9.17, 15) is 0 Å². The minimum absolute atomic E-state index is 0.0908. The van der Waals surface area contributed by atoms with Gasteiger partial charge in [-0.05, 0) is 6.07 Å². The fraction of sp³-hybridized carbons (Fsp3) is 0.615. The van der Waals surface area contributed by atoms with Crippen LogP contribution in [-0.2, 0) is 20.8 Å². The molecule has 0 unspecified atom stereocenters. The number of aliphatic hydroxyl groups excluding tert-OH is 1. The Bertz CT molecular complexity index is 335. The highest BCUT2D eigenvalue weighted by molar-refractivity contribution is 5.15. The van der Waals surface area contributed by atoms with Crippen molar-refractivity contribution in [1.29, 1.82) is 0 Å². The molecule has 0 saturated carbocycles. The van der Waals surface area contributed by atoms with E-state index in [1.54, 1.807) is 25.3 Å². The maximum absolute atomic E-state index is 8.93. The van der Waals surface area contributed by atoms with Crippen LogP contribution >= 0.6 is 0 Å². The maximum atomic E-state index is 8.93. The third kappa shape index (κ3) is 7.74. The number of ether oxygens (including phenoxy) is 4. The van der Waals surface area contributed by atoms with Crippen molar-refractivity contribution in [3.63, 3.8) is 0 Å². The predicted octanol–water partition coefficient (Wildman–Crippen LogP) is 0.632. The van der Waals surface area contributed by atoms with Gasteiger partial charge in [-0.15, -0.1) is 0 Å². The fourth-order valence-electron chi connectivity index (χ4n) is 1.30. The Balaban J connectivity index is 1.98. The second kappa shape index (κ2) is 10.7. The van der Waals surface area contributed by atoms with E-state index >= 15 is 0 Å². The molecule has 0 radical (unpaired) electrons. The molecule has 0 saturated heterocycles. The van der Waals surface area contributed by atoms with Crippen LogP contribution in [0.2, 0.25) is 0 Å². The van der Waals surface area contributed by atoms with E-state index in [4.69, 9.17) is 24.1 Å². The lowest BCUT2D eigenvalue weighted by molar-refractivity contribution is 0.0176. The molecule has 1 aromatic heterocycles. The van der Waals surface area contributed by atoms with Crippen molar-refractivity contribution in [1.82, 2.24) is 4.98 Å². The molecule has 0 amide bonds. The zero-order valence-corrected chi connectivity index (χ0v) is 11.2. The van der Waals surface area contributed by atoms with E-state index in [0.29, 0.717) is 51.2 Å². The molecule has 1 aromatic rings. The van der Waals surface area contributed by atoms with Gasteiger partial charge in [-0.25, -0.2) is 4.98 Å². The molecular formula is C13H21NO5. The minimum atomic E-state index is -0.0908. The highest BCUT2D eigenvalue weighted by Gasteiger charge is 1.97. The van der Waals surface area contributed by atoms with Gasteiger partial charge in [0.2, 0.25) is 5.88 Å². The molecule has 0 fully saturated rings. The summed E-state index contributed by atoms with van der Waals surface area (Å²) in [4.78, 5) is 4.09. The normalized spacial score (nSPS) is 10.6. The molecule has 1 N–H and O–H groups in total. The molecule has 0 bridgehead atoms. The van der Waals surface area contributed by atoms with Gasteiger partial charge >= 0.3 is 0 Å². The van der Waals surface area contributed by atoms with Crippen LogP contribution in [0.1, 0.15) is 5.69 Å². The number of hydrogen-bond acceptors (Lipinski definition) is 6. The summed E-state index contributed by atoms with van der Waals surface area (Å²) >= 11 is 0. The Morgan fingerprint density at radius 2 is 1.68 bits per heavy atom. The largest absolute Gasteiger partial charge is 0.475 e. The fourth-order valence-corrected chi connectivity index (χ4v) is 1.30. The summed E-state index contributed by atoms with van der Waals surface area (Å²) in [6, 6.07) is 5.27. The monoisotopic (exact) mass is 271 g/mol. The molecule has 1 heterocycles. The first kappa shape index (κ1) is 15.8. The molecule has 108 valence electrons. The summed E-state index contributed by atoms with van der Waals surface area (Å²) in [6.07, 6.45) is 0. The molecule has 1 rings (SSSR count). The highest BCUT2D eigenvalue weighted by Crippen LogP contribution is 2.07. The molecule has 6 heteroatoms. The van der Waals surface area contributed by atoms with E-state index in [1.165, 1.54) is 0 Å². The summed E-state index contributed by atoms with van der Waals surface area (Å²) in [7, 11) is 1.64. The average Bonchev–Trinajstić information content (AvgIpc) is 2.46. The van der Waals surface area contributed by atoms with Crippen LogP contribution in [0.5, 0.6) is 5.88 Å². The van der Waals surface area contributed by atoms with Crippen molar-refractivity contribution < 1.29 is 24.1 Å². The maximum Gasteiger partial charge on any atom is 0.213 e. The molecule has 0 aliphatic rings. The number of aromatic nitrogens is 1. The second-order valence-corrected chi connectivity index (χ2v) is 3.69. The van der Waals surface area contributed by atoms with Gasteiger partial charge in [-0.2, -0.15) is 0 Å².